The number of nitrogens with two attached hydrogens (primary N) is 1. The van der Waals surface area contributed by atoms with Gasteiger partial charge in [0.15, 0.2) is 0 Å². The first-order valence-corrected chi connectivity index (χ1v) is 5.57. The summed E-state index contributed by atoms with van der Waals surface area (Å²) in [7, 11) is 0. The van der Waals surface area contributed by atoms with Gasteiger partial charge in [-0.25, -0.2) is 0 Å². The lowest BCUT2D eigenvalue weighted by molar-refractivity contribution is -0.133. The number of carbonyl (C=O) groups excluding carboxylic acids is 1. The lowest BCUT2D eigenvalue weighted by atomic mass is 9.99. The molecule has 4 nitrogen and oxygen atoms in total. The molecule has 2 N–H and O–H groups in total. The Balaban J connectivity index is 2.64. The Morgan fingerprint density at radius 2 is 2.40 bits per heavy atom. The minimum absolute atomic E-state index is 0.0617. The molecule has 4 heteroatoms. The molecule has 1 amide bonds. The van der Waals surface area contributed by atoms with E-state index in [0.29, 0.717) is 6.54 Å². The number of hydrogen-bond acceptors (Lipinski definition) is 3. The average molecular weight is 209 g/mol. The van der Waals surface area contributed by atoms with E-state index in [1.165, 1.54) is 0 Å². The molecule has 1 rings (SSSR count). The Kier molecular flexibility index (Phi) is 4.10. The second-order valence-electron chi connectivity index (χ2n) is 4.23. The summed E-state index contributed by atoms with van der Waals surface area (Å²) in [4.78, 5) is 13.6. The van der Waals surface area contributed by atoms with Gasteiger partial charge in [0.05, 0.1) is 12.1 Å². The fraction of sp³-hybridized carbons (Fsp3) is 0.818. The zero-order valence-corrected chi connectivity index (χ0v) is 9.44. The molecule has 0 saturated carbocycles. The smallest absolute Gasteiger partial charge is 0.240 e. The third-order valence-corrected chi connectivity index (χ3v) is 3.23. The van der Waals surface area contributed by atoms with Crippen molar-refractivity contribution in [1.29, 1.82) is 5.26 Å². The van der Waals surface area contributed by atoms with Crippen molar-refractivity contribution in [3.8, 4) is 6.07 Å². The summed E-state index contributed by atoms with van der Waals surface area (Å²) in [5, 5.41) is 8.88. The van der Waals surface area contributed by atoms with E-state index < -0.39 is 6.04 Å². The molecular formula is C11H19N3O. The second kappa shape index (κ2) is 5.13. The van der Waals surface area contributed by atoms with Crippen LogP contribution >= 0.6 is 0 Å². The predicted octanol–water partition coefficient (Wildman–Crippen LogP) is 0.874. The first-order chi connectivity index (χ1) is 7.11. The van der Waals surface area contributed by atoms with E-state index in [1.807, 2.05) is 13.8 Å². The maximum Gasteiger partial charge on any atom is 0.240 e. The third-order valence-electron chi connectivity index (χ3n) is 3.23. The summed E-state index contributed by atoms with van der Waals surface area (Å²) in [5.41, 5.74) is 5.87. The fourth-order valence-corrected chi connectivity index (χ4v) is 1.85. The molecule has 84 valence electrons. The van der Waals surface area contributed by atoms with Gasteiger partial charge in [0.2, 0.25) is 5.91 Å². The first kappa shape index (κ1) is 12.0. The van der Waals surface area contributed by atoms with E-state index in [-0.39, 0.29) is 17.9 Å². The Morgan fingerprint density at radius 1 is 1.73 bits per heavy atom. The largest absolute Gasteiger partial charge is 0.325 e. The van der Waals surface area contributed by atoms with Crippen LogP contribution in [0.5, 0.6) is 0 Å². The zero-order chi connectivity index (χ0) is 11.4. The van der Waals surface area contributed by atoms with E-state index in [1.54, 1.807) is 4.90 Å². The normalized spacial score (nSPS) is 24.7. The summed E-state index contributed by atoms with van der Waals surface area (Å²) in [6.07, 6.45) is 2.59. The minimum atomic E-state index is -0.455. The molecule has 1 fully saturated rings. The van der Waals surface area contributed by atoms with Crippen LogP contribution in [0.15, 0.2) is 0 Å². The van der Waals surface area contributed by atoms with Crippen molar-refractivity contribution in [2.45, 2.75) is 45.2 Å². The van der Waals surface area contributed by atoms with E-state index in [2.05, 4.69) is 6.07 Å². The van der Waals surface area contributed by atoms with Crippen molar-refractivity contribution in [3.63, 3.8) is 0 Å². The van der Waals surface area contributed by atoms with Gasteiger partial charge in [-0.3, -0.25) is 4.79 Å². The van der Waals surface area contributed by atoms with Gasteiger partial charge in [-0.1, -0.05) is 20.3 Å². The van der Waals surface area contributed by atoms with Crippen LogP contribution in [0.2, 0.25) is 0 Å². The van der Waals surface area contributed by atoms with E-state index in [9.17, 15) is 4.79 Å². The first-order valence-electron chi connectivity index (χ1n) is 5.57. The Hall–Kier alpha value is -1.08. The molecule has 0 spiro atoms. The average Bonchev–Trinajstić information content (AvgIpc) is 2.73. The Labute approximate surface area is 91.0 Å². The molecule has 15 heavy (non-hydrogen) atoms. The van der Waals surface area contributed by atoms with Gasteiger partial charge in [-0.2, -0.15) is 5.26 Å². The standard InChI is InChI=1S/C11H19N3O/c1-3-8(2)10(13)11(15)14-6-4-5-9(14)7-12/h8-10H,3-6,13H2,1-2H3/t8-,9+,10+/m1/s1. The highest BCUT2D eigenvalue weighted by atomic mass is 16.2. The molecule has 0 aromatic rings. The predicted molar refractivity (Wildman–Crippen MR) is 57.8 cm³/mol. The summed E-state index contributed by atoms with van der Waals surface area (Å²) in [6, 6.07) is 1.44. The van der Waals surface area contributed by atoms with Crippen LogP contribution in [-0.2, 0) is 4.79 Å². The SMILES string of the molecule is CC[C@@H](C)[C@H](N)C(=O)N1CCC[C@H]1C#N. The molecule has 0 unspecified atom stereocenters. The molecule has 3 atom stereocenters. The third kappa shape index (κ3) is 2.48. The molecule has 1 heterocycles. The lowest BCUT2D eigenvalue weighted by Gasteiger charge is -2.26. The highest BCUT2D eigenvalue weighted by Crippen LogP contribution is 2.19. The summed E-state index contributed by atoms with van der Waals surface area (Å²) < 4.78 is 0. The van der Waals surface area contributed by atoms with Crippen molar-refractivity contribution >= 4 is 5.91 Å². The van der Waals surface area contributed by atoms with Crippen molar-refractivity contribution in [1.82, 2.24) is 4.90 Å². The van der Waals surface area contributed by atoms with Crippen molar-refractivity contribution in [2.75, 3.05) is 6.54 Å². The highest BCUT2D eigenvalue weighted by Gasteiger charge is 2.33. The van der Waals surface area contributed by atoms with Crippen LogP contribution in [0.3, 0.4) is 0 Å². The number of hydrogen-bond donors (Lipinski definition) is 1. The van der Waals surface area contributed by atoms with Crippen LogP contribution in [-0.4, -0.2) is 29.4 Å². The highest BCUT2D eigenvalue weighted by molar-refractivity contribution is 5.82. The van der Waals surface area contributed by atoms with Crippen LogP contribution < -0.4 is 5.73 Å². The van der Waals surface area contributed by atoms with E-state index >= 15 is 0 Å². The van der Waals surface area contributed by atoms with Crippen molar-refractivity contribution < 1.29 is 4.79 Å². The molecule has 1 saturated heterocycles. The lowest BCUT2D eigenvalue weighted by Crippen LogP contribution is -2.48. The summed E-state index contributed by atoms with van der Waals surface area (Å²) >= 11 is 0. The Morgan fingerprint density at radius 3 is 2.93 bits per heavy atom. The summed E-state index contributed by atoms with van der Waals surface area (Å²) in [5.74, 6) is 0.117. The van der Waals surface area contributed by atoms with Gasteiger partial charge in [-0.15, -0.1) is 0 Å². The molecule has 0 radical (unpaired) electrons. The molecular weight excluding hydrogens is 190 g/mol. The minimum Gasteiger partial charge on any atom is -0.325 e. The van der Waals surface area contributed by atoms with Gasteiger partial charge < -0.3 is 10.6 Å². The summed E-state index contributed by atoms with van der Waals surface area (Å²) in [6.45, 7) is 4.67. The quantitative estimate of drug-likeness (QED) is 0.750. The van der Waals surface area contributed by atoms with Gasteiger partial charge in [0, 0.05) is 6.54 Å². The molecule has 1 aliphatic heterocycles. The maximum atomic E-state index is 12.0. The fourth-order valence-electron chi connectivity index (χ4n) is 1.85. The van der Waals surface area contributed by atoms with Crippen molar-refractivity contribution in [3.05, 3.63) is 0 Å². The molecule has 1 aliphatic rings. The van der Waals surface area contributed by atoms with Gasteiger partial charge >= 0.3 is 0 Å². The molecule has 0 bridgehead atoms. The zero-order valence-electron chi connectivity index (χ0n) is 9.44. The molecule has 0 aromatic heterocycles. The molecule has 0 aliphatic carbocycles. The van der Waals surface area contributed by atoms with Gasteiger partial charge in [0.1, 0.15) is 6.04 Å². The van der Waals surface area contributed by atoms with Gasteiger partial charge in [-0.05, 0) is 18.8 Å². The second-order valence-corrected chi connectivity index (χ2v) is 4.23. The van der Waals surface area contributed by atoms with Gasteiger partial charge in [0.25, 0.3) is 0 Å². The monoisotopic (exact) mass is 209 g/mol. The van der Waals surface area contributed by atoms with Crippen molar-refractivity contribution in [2.24, 2.45) is 11.7 Å². The molecule has 0 aromatic carbocycles. The van der Waals surface area contributed by atoms with Crippen LogP contribution in [0.4, 0.5) is 0 Å². The number of rotatable bonds is 3. The number of carbonyl (C=O) groups is 1. The number of amides is 1. The topological polar surface area (TPSA) is 70.1 Å². The Bertz CT molecular complexity index is 271. The maximum absolute atomic E-state index is 12.0. The van der Waals surface area contributed by atoms with Crippen LogP contribution in [0.25, 0.3) is 0 Å². The number of nitriles is 1. The number of nitrogens with zero attached hydrogens (tertiary/aromatic N) is 2. The van der Waals surface area contributed by atoms with E-state index in [4.69, 9.17) is 11.0 Å². The van der Waals surface area contributed by atoms with Crippen LogP contribution in [0, 0.1) is 17.2 Å². The van der Waals surface area contributed by atoms with E-state index in [0.717, 1.165) is 19.3 Å². The number of likely N-dealkylation sites (tertiary alicyclic amines) is 1. The van der Waals surface area contributed by atoms with Crippen LogP contribution in [0.1, 0.15) is 33.1 Å².